The second-order valence-corrected chi connectivity index (χ2v) is 8.56. The highest BCUT2D eigenvalue weighted by Crippen LogP contribution is 2.37. The monoisotopic (exact) mass is 477 g/mol. The minimum absolute atomic E-state index is 0.00919. The summed E-state index contributed by atoms with van der Waals surface area (Å²) in [5, 5.41) is 13.2. The number of aromatic nitrogens is 2. The number of ether oxygens (including phenoxy) is 1. The predicted molar refractivity (Wildman–Crippen MR) is 128 cm³/mol. The summed E-state index contributed by atoms with van der Waals surface area (Å²) in [7, 11) is 1.43. The van der Waals surface area contributed by atoms with Crippen molar-refractivity contribution in [1.29, 1.82) is 0 Å². The summed E-state index contributed by atoms with van der Waals surface area (Å²) in [6.07, 6.45) is 4.53. The van der Waals surface area contributed by atoms with Crippen LogP contribution >= 0.6 is 0 Å². The Morgan fingerprint density at radius 1 is 1.03 bits per heavy atom. The molecule has 10 nitrogen and oxygen atoms in total. The number of hydrogen-bond donors (Lipinski definition) is 3. The number of esters is 1. The first-order chi connectivity index (χ1) is 16.9. The molecule has 1 aromatic heterocycles. The van der Waals surface area contributed by atoms with Gasteiger partial charge in [0, 0.05) is 23.4 Å². The number of primary amides is 1. The Kier molecular flexibility index (Phi) is 7.39. The maximum atomic E-state index is 12.5. The standard InChI is InChI=1S/C25H27N5O5/c1-34-21(31)13-15-5-7-16(8-6-15)17-9-11-19(12-10-17)27-23(33)24-29-30-25(35-24)28-20-4-2-3-18(14-20)22(26)32/h2-4,9-12,14-16H,5-8,13H2,1H3,(H2,26,32)(H,27,33)(H,28,30). The molecule has 10 heteroatoms. The van der Waals surface area contributed by atoms with Gasteiger partial charge < -0.3 is 25.5 Å². The number of nitrogens with one attached hydrogen (secondary N) is 2. The molecule has 1 heterocycles. The number of rotatable bonds is 8. The van der Waals surface area contributed by atoms with Crippen molar-refractivity contribution in [3.8, 4) is 0 Å². The van der Waals surface area contributed by atoms with Crippen molar-refractivity contribution in [2.45, 2.75) is 38.0 Å². The van der Waals surface area contributed by atoms with E-state index in [0.717, 1.165) is 25.7 Å². The predicted octanol–water partition coefficient (Wildman–Crippen LogP) is 4.00. The molecule has 0 aliphatic heterocycles. The highest BCUT2D eigenvalue weighted by molar-refractivity contribution is 6.01. The lowest BCUT2D eigenvalue weighted by molar-refractivity contribution is -0.142. The molecule has 2 aromatic carbocycles. The van der Waals surface area contributed by atoms with E-state index in [-0.39, 0.29) is 17.9 Å². The number of hydrogen-bond acceptors (Lipinski definition) is 8. The van der Waals surface area contributed by atoms with Crippen LogP contribution in [0.4, 0.5) is 17.4 Å². The van der Waals surface area contributed by atoms with E-state index in [1.165, 1.54) is 12.7 Å². The van der Waals surface area contributed by atoms with Crippen LogP contribution in [0.3, 0.4) is 0 Å². The molecule has 0 atom stereocenters. The van der Waals surface area contributed by atoms with Crippen LogP contribution in [-0.2, 0) is 9.53 Å². The topological polar surface area (TPSA) is 149 Å². The maximum absolute atomic E-state index is 12.5. The molecule has 35 heavy (non-hydrogen) atoms. The van der Waals surface area contributed by atoms with Gasteiger partial charge in [-0.05, 0) is 73.4 Å². The van der Waals surface area contributed by atoms with Gasteiger partial charge in [-0.3, -0.25) is 14.4 Å². The van der Waals surface area contributed by atoms with Crippen molar-refractivity contribution in [3.63, 3.8) is 0 Å². The Bertz CT molecular complexity index is 1200. The third-order valence-corrected chi connectivity index (χ3v) is 6.19. The first-order valence-electron chi connectivity index (χ1n) is 11.4. The number of nitrogens with zero attached hydrogens (tertiary/aromatic N) is 2. The van der Waals surface area contributed by atoms with Crippen LogP contribution in [0.15, 0.2) is 52.9 Å². The molecule has 0 bridgehead atoms. The summed E-state index contributed by atoms with van der Waals surface area (Å²) in [5.41, 5.74) is 7.95. The van der Waals surface area contributed by atoms with Gasteiger partial charge in [0.1, 0.15) is 0 Å². The molecule has 0 spiro atoms. The summed E-state index contributed by atoms with van der Waals surface area (Å²) in [5.74, 6) is -0.616. The number of amides is 2. The lowest BCUT2D eigenvalue weighted by Crippen LogP contribution is -2.17. The fraction of sp³-hybridized carbons (Fsp3) is 0.320. The first kappa shape index (κ1) is 23.9. The zero-order valence-corrected chi connectivity index (χ0v) is 19.3. The van der Waals surface area contributed by atoms with E-state index in [0.29, 0.717) is 35.2 Å². The van der Waals surface area contributed by atoms with Crippen LogP contribution in [0, 0.1) is 5.92 Å². The van der Waals surface area contributed by atoms with Gasteiger partial charge in [0.15, 0.2) is 0 Å². The maximum Gasteiger partial charge on any atom is 0.320 e. The Hall–Kier alpha value is -4.21. The number of methoxy groups -OCH3 is 1. The van der Waals surface area contributed by atoms with E-state index < -0.39 is 11.8 Å². The van der Waals surface area contributed by atoms with Crippen molar-refractivity contribution in [3.05, 3.63) is 65.5 Å². The fourth-order valence-electron chi connectivity index (χ4n) is 4.28. The van der Waals surface area contributed by atoms with E-state index in [1.807, 2.05) is 24.3 Å². The van der Waals surface area contributed by atoms with Crippen molar-refractivity contribution < 1.29 is 23.5 Å². The summed E-state index contributed by atoms with van der Waals surface area (Å²) in [6.45, 7) is 0. The second kappa shape index (κ2) is 10.8. The van der Waals surface area contributed by atoms with Gasteiger partial charge in [0.05, 0.1) is 7.11 Å². The quantitative estimate of drug-likeness (QED) is 0.412. The molecule has 1 aliphatic carbocycles. The second-order valence-electron chi connectivity index (χ2n) is 8.56. The molecule has 2 amide bonds. The molecule has 0 unspecified atom stereocenters. The molecular formula is C25H27N5O5. The third-order valence-electron chi connectivity index (χ3n) is 6.19. The Morgan fingerprint density at radius 2 is 1.77 bits per heavy atom. The largest absolute Gasteiger partial charge is 0.469 e. The van der Waals surface area contributed by atoms with Crippen molar-refractivity contribution in [2.75, 3.05) is 17.7 Å². The molecule has 4 N–H and O–H groups in total. The molecular weight excluding hydrogens is 450 g/mol. The van der Waals surface area contributed by atoms with E-state index in [2.05, 4.69) is 20.8 Å². The van der Waals surface area contributed by atoms with Gasteiger partial charge in [0.2, 0.25) is 5.91 Å². The van der Waals surface area contributed by atoms with Gasteiger partial charge >= 0.3 is 23.8 Å². The molecule has 1 fully saturated rings. The first-order valence-corrected chi connectivity index (χ1v) is 11.4. The van der Waals surface area contributed by atoms with Crippen LogP contribution in [0.25, 0.3) is 0 Å². The average molecular weight is 478 g/mol. The Morgan fingerprint density at radius 3 is 2.46 bits per heavy atom. The SMILES string of the molecule is COC(=O)CC1CCC(c2ccc(NC(=O)c3nnc(Nc4cccc(C(N)=O)c4)o3)cc2)CC1. The lowest BCUT2D eigenvalue weighted by Gasteiger charge is -2.28. The number of nitrogens with two attached hydrogens (primary N) is 1. The molecule has 0 saturated heterocycles. The lowest BCUT2D eigenvalue weighted by atomic mass is 9.77. The van der Waals surface area contributed by atoms with Crippen LogP contribution in [0.5, 0.6) is 0 Å². The fourth-order valence-corrected chi connectivity index (χ4v) is 4.28. The van der Waals surface area contributed by atoms with Crippen molar-refractivity contribution >= 4 is 35.2 Å². The molecule has 3 aromatic rings. The minimum Gasteiger partial charge on any atom is -0.469 e. The Labute approximate surface area is 202 Å². The normalized spacial score (nSPS) is 17.4. The molecule has 4 rings (SSSR count). The molecule has 182 valence electrons. The molecule has 1 aliphatic rings. The minimum atomic E-state index is -0.559. The van der Waals surface area contributed by atoms with E-state index in [9.17, 15) is 14.4 Å². The third kappa shape index (κ3) is 6.23. The van der Waals surface area contributed by atoms with Crippen LogP contribution in [-0.4, -0.2) is 35.1 Å². The number of carbonyl (C=O) groups excluding carboxylic acids is 3. The zero-order valence-electron chi connectivity index (χ0n) is 19.3. The molecule has 0 radical (unpaired) electrons. The van der Waals surface area contributed by atoms with Gasteiger partial charge in [-0.25, -0.2) is 0 Å². The smallest absolute Gasteiger partial charge is 0.320 e. The van der Waals surface area contributed by atoms with Crippen molar-refractivity contribution in [2.24, 2.45) is 11.7 Å². The highest BCUT2D eigenvalue weighted by atomic mass is 16.5. The van der Waals surface area contributed by atoms with Crippen molar-refractivity contribution in [1.82, 2.24) is 10.2 Å². The summed E-state index contributed by atoms with van der Waals surface area (Å²) < 4.78 is 10.2. The van der Waals surface area contributed by atoms with Gasteiger partial charge in [0.25, 0.3) is 0 Å². The van der Waals surface area contributed by atoms with Gasteiger partial charge in [-0.15, -0.1) is 5.10 Å². The van der Waals surface area contributed by atoms with Crippen LogP contribution in [0.1, 0.15) is 64.6 Å². The zero-order chi connectivity index (χ0) is 24.8. The summed E-state index contributed by atoms with van der Waals surface area (Å²) >= 11 is 0. The number of carbonyl (C=O) groups is 3. The van der Waals surface area contributed by atoms with Gasteiger partial charge in [-0.1, -0.05) is 23.3 Å². The van der Waals surface area contributed by atoms with Crippen LogP contribution in [0.2, 0.25) is 0 Å². The van der Waals surface area contributed by atoms with E-state index >= 15 is 0 Å². The van der Waals surface area contributed by atoms with E-state index in [1.54, 1.807) is 24.3 Å². The van der Waals surface area contributed by atoms with Gasteiger partial charge in [-0.2, -0.15) is 0 Å². The van der Waals surface area contributed by atoms with Crippen LogP contribution < -0.4 is 16.4 Å². The molecule has 1 saturated carbocycles. The number of benzene rings is 2. The number of anilines is 3. The summed E-state index contributed by atoms with van der Waals surface area (Å²) in [6, 6.07) is 14.2. The summed E-state index contributed by atoms with van der Waals surface area (Å²) in [4.78, 5) is 35.3. The van der Waals surface area contributed by atoms with E-state index in [4.69, 9.17) is 14.9 Å². The Balaban J connectivity index is 1.31. The average Bonchev–Trinajstić information content (AvgIpc) is 3.34. The highest BCUT2D eigenvalue weighted by Gasteiger charge is 2.24.